The van der Waals surface area contributed by atoms with E-state index in [1.54, 1.807) is 0 Å². The van der Waals surface area contributed by atoms with Crippen LogP contribution in [0, 0.1) is 5.92 Å². The molecule has 1 heterocycles. The molecule has 0 radical (unpaired) electrons. The van der Waals surface area contributed by atoms with E-state index in [-0.39, 0.29) is 17.9 Å². The number of carbonyl (C=O) groups excluding carboxylic acids is 1. The second-order valence-electron chi connectivity index (χ2n) is 7.60. The van der Waals surface area contributed by atoms with Crippen LogP contribution in [0.15, 0.2) is 72.8 Å². The molecule has 0 N–H and O–H groups in total. The Morgan fingerprint density at radius 2 is 1.37 bits per heavy atom. The molecular formula is C24H19N2O+. The van der Waals surface area contributed by atoms with Gasteiger partial charge in [-0.15, -0.1) is 5.01 Å². The van der Waals surface area contributed by atoms with E-state index in [1.807, 2.05) is 12.1 Å². The van der Waals surface area contributed by atoms with Gasteiger partial charge in [-0.1, -0.05) is 65.3 Å². The number of amides is 1. The Morgan fingerprint density at radius 3 is 2.04 bits per heavy atom. The van der Waals surface area contributed by atoms with Crippen molar-refractivity contribution < 1.29 is 9.48 Å². The molecule has 3 heteroatoms. The second kappa shape index (κ2) is 5.17. The molecule has 3 aliphatic rings. The lowest BCUT2D eigenvalue weighted by atomic mass is 10.0. The summed E-state index contributed by atoms with van der Waals surface area (Å²) in [5.41, 5.74) is 8.67. The van der Waals surface area contributed by atoms with Crippen molar-refractivity contribution in [2.24, 2.45) is 5.92 Å². The summed E-state index contributed by atoms with van der Waals surface area (Å²) in [6.07, 6.45) is 0.830. The summed E-state index contributed by atoms with van der Waals surface area (Å²) >= 11 is 0. The molecule has 2 atom stereocenters. The van der Waals surface area contributed by atoms with E-state index in [4.69, 9.17) is 0 Å². The molecule has 1 fully saturated rings. The van der Waals surface area contributed by atoms with Crippen molar-refractivity contribution in [3.63, 3.8) is 0 Å². The largest absolute Gasteiger partial charge is 0.287 e. The number of hydrogen-bond acceptors (Lipinski definition) is 1. The van der Waals surface area contributed by atoms with Crippen LogP contribution in [-0.2, 0) is 11.2 Å². The Morgan fingerprint density at radius 1 is 0.815 bits per heavy atom. The zero-order valence-corrected chi connectivity index (χ0v) is 15.1. The first-order valence-electron chi connectivity index (χ1n) is 9.46. The average Bonchev–Trinajstić information content (AvgIpc) is 3.32. The first kappa shape index (κ1) is 14.9. The molecular weight excluding hydrogens is 332 g/mol. The van der Waals surface area contributed by atoms with E-state index >= 15 is 0 Å². The highest BCUT2D eigenvalue weighted by Crippen LogP contribution is 2.46. The zero-order chi connectivity index (χ0) is 18.1. The third-order valence-corrected chi connectivity index (χ3v) is 6.30. The Balaban J connectivity index is 1.70. The van der Waals surface area contributed by atoms with E-state index in [0.717, 1.165) is 12.1 Å². The van der Waals surface area contributed by atoms with Gasteiger partial charge in [-0.2, -0.15) is 0 Å². The van der Waals surface area contributed by atoms with Gasteiger partial charge in [0, 0.05) is 5.56 Å². The van der Waals surface area contributed by atoms with Gasteiger partial charge in [0.25, 0.3) is 5.91 Å². The number of nitrogens with zero attached hydrogens (tertiary/aromatic N) is 2. The minimum absolute atomic E-state index is 0.000163. The van der Waals surface area contributed by atoms with Gasteiger partial charge in [0.05, 0.1) is 18.2 Å². The highest BCUT2D eigenvalue weighted by Gasteiger charge is 2.57. The van der Waals surface area contributed by atoms with Crippen LogP contribution in [0.4, 0.5) is 0 Å². The van der Waals surface area contributed by atoms with Crippen molar-refractivity contribution in [2.45, 2.75) is 12.5 Å². The summed E-state index contributed by atoms with van der Waals surface area (Å²) < 4.78 is 2.25. The first-order valence-corrected chi connectivity index (χ1v) is 9.46. The van der Waals surface area contributed by atoms with E-state index in [0.29, 0.717) is 0 Å². The molecule has 1 saturated heterocycles. The molecule has 0 spiro atoms. The number of benzene rings is 3. The lowest BCUT2D eigenvalue weighted by Crippen LogP contribution is -2.34. The van der Waals surface area contributed by atoms with Gasteiger partial charge in [-0.25, -0.2) is 0 Å². The first-order chi connectivity index (χ1) is 13.3. The quantitative estimate of drug-likeness (QED) is 0.442. The summed E-state index contributed by atoms with van der Waals surface area (Å²) in [5.74, 6) is 0.213. The monoisotopic (exact) mass is 351 g/mol. The fraction of sp³-hybridized carbons (Fsp3) is 0.167. The minimum Gasteiger partial charge on any atom is -0.268 e. The van der Waals surface area contributed by atoms with E-state index in [9.17, 15) is 4.79 Å². The molecule has 3 nitrogen and oxygen atoms in total. The van der Waals surface area contributed by atoms with E-state index < -0.39 is 0 Å². The van der Waals surface area contributed by atoms with E-state index in [1.165, 1.54) is 33.4 Å². The molecule has 130 valence electrons. The minimum atomic E-state index is -0.000163. The summed E-state index contributed by atoms with van der Waals surface area (Å²) in [6, 6.07) is 25.7. The summed E-state index contributed by atoms with van der Waals surface area (Å²) in [6.45, 7) is 0. The smallest absolute Gasteiger partial charge is 0.268 e. The topological polar surface area (TPSA) is 23.3 Å². The van der Waals surface area contributed by atoms with Gasteiger partial charge in [0.2, 0.25) is 11.8 Å². The molecule has 27 heavy (non-hydrogen) atoms. The molecule has 1 amide bonds. The van der Waals surface area contributed by atoms with Gasteiger partial charge in [0.15, 0.2) is 0 Å². The van der Waals surface area contributed by atoms with Gasteiger partial charge in [-0.05, 0) is 35.2 Å². The predicted octanol–water partition coefficient (Wildman–Crippen LogP) is 3.82. The molecule has 0 saturated carbocycles. The fourth-order valence-corrected chi connectivity index (χ4v) is 5.16. The Bertz CT molecular complexity index is 1110. The molecule has 3 aromatic rings. The van der Waals surface area contributed by atoms with Gasteiger partial charge in [-0.3, -0.25) is 4.79 Å². The number of hydrazone groups is 1. The molecule has 3 aromatic carbocycles. The number of fused-ring (bicyclic) bond motifs is 6. The number of hydrazine groups is 1. The van der Waals surface area contributed by atoms with Crippen LogP contribution in [0.5, 0.6) is 0 Å². The van der Waals surface area contributed by atoms with Crippen molar-refractivity contribution in [1.29, 1.82) is 0 Å². The van der Waals surface area contributed by atoms with Crippen molar-refractivity contribution >= 4 is 11.6 Å². The van der Waals surface area contributed by atoms with Crippen LogP contribution in [0.3, 0.4) is 0 Å². The zero-order valence-electron chi connectivity index (χ0n) is 15.1. The molecule has 0 unspecified atom stereocenters. The van der Waals surface area contributed by atoms with Crippen molar-refractivity contribution in [3.8, 4) is 11.1 Å². The molecule has 2 aliphatic carbocycles. The summed E-state index contributed by atoms with van der Waals surface area (Å²) in [7, 11) is 1.92. The fourth-order valence-electron chi connectivity index (χ4n) is 5.16. The molecule has 1 aliphatic heterocycles. The molecule has 6 rings (SSSR count). The van der Waals surface area contributed by atoms with Crippen molar-refractivity contribution in [1.82, 2.24) is 5.01 Å². The second-order valence-corrected chi connectivity index (χ2v) is 7.60. The van der Waals surface area contributed by atoms with E-state index in [2.05, 4.69) is 77.5 Å². The van der Waals surface area contributed by atoms with Gasteiger partial charge >= 0.3 is 0 Å². The SMILES string of the molecule is CN1C(=O)[C@H]2Cc3ccccc3[C@H]2[N+]1=C1c2ccccc2-c2ccccc21. The number of rotatable bonds is 0. The molecule has 0 bridgehead atoms. The maximum atomic E-state index is 13.1. The predicted molar refractivity (Wildman–Crippen MR) is 104 cm³/mol. The Labute approximate surface area is 158 Å². The van der Waals surface area contributed by atoms with Crippen molar-refractivity contribution in [3.05, 3.63) is 95.1 Å². The summed E-state index contributed by atoms with van der Waals surface area (Å²) in [5, 5.41) is 1.85. The van der Waals surface area contributed by atoms with Crippen LogP contribution < -0.4 is 0 Å². The highest BCUT2D eigenvalue weighted by molar-refractivity contribution is 6.22. The highest BCUT2D eigenvalue weighted by atomic mass is 16.2. The maximum absolute atomic E-state index is 13.1. The normalized spacial score (nSPS) is 22.0. The van der Waals surface area contributed by atoms with Crippen LogP contribution in [0.25, 0.3) is 11.1 Å². The third kappa shape index (κ3) is 1.81. The molecule has 0 aromatic heterocycles. The lowest BCUT2D eigenvalue weighted by molar-refractivity contribution is -0.684. The van der Waals surface area contributed by atoms with Crippen LogP contribution in [0.1, 0.15) is 28.3 Å². The van der Waals surface area contributed by atoms with Crippen LogP contribution in [-0.4, -0.2) is 28.4 Å². The van der Waals surface area contributed by atoms with Crippen LogP contribution in [0.2, 0.25) is 0 Å². The van der Waals surface area contributed by atoms with Crippen molar-refractivity contribution in [2.75, 3.05) is 7.05 Å². The van der Waals surface area contributed by atoms with Gasteiger partial charge < -0.3 is 0 Å². The summed E-state index contributed by atoms with van der Waals surface area (Å²) in [4.78, 5) is 13.1. The standard InChI is InChI=1S/C24H19N2O/c1-25-24(27)21-14-15-8-2-3-9-16(15)22(21)26(25)23-19-12-6-4-10-17(19)18-11-5-7-13-20(18)23/h2-13,21-22H,14H2,1H3/q+1/t21-,22+/m0/s1. The maximum Gasteiger partial charge on any atom is 0.287 e. The third-order valence-electron chi connectivity index (χ3n) is 6.30. The average molecular weight is 351 g/mol. The Hall–Kier alpha value is -3.20. The Kier molecular flexibility index (Phi) is 2.85. The number of carbonyl (C=O) groups is 1. The van der Waals surface area contributed by atoms with Gasteiger partial charge in [0.1, 0.15) is 5.92 Å². The number of hydrogen-bond donors (Lipinski definition) is 0. The van der Waals surface area contributed by atoms with Crippen LogP contribution >= 0.6 is 0 Å². The lowest BCUT2D eigenvalue weighted by Gasteiger charge is -2.14.